The molecule has 0 atom stereocenters. The lowest BCUT2D eigenvalue weighted by atomic mass is 10.1. The second-order valence-electron chi connectivity index (χ2n) is 4.76. The molecule has 3 nitrogen and oxygen atoms in total. The monoisotopic (exact) mass is 240 g/mol. The minimum Gasteiger partial charge on any atom is -0.390 e. The van der Waals surface area contributed by atoms with Gasteiger partial charge in [-0.25, -0.2) is 13.8 Å². The van der Waals surface area contributed by atoms with Crippen LogP contribution in [0.2, 0.25) is 0 Å². The first-order valence-corrected chi connectivity index (χ1v) is 5.39. The molecule has 17 heavy (non-hydrogen) atoms. The summed E-state index contributed by atoms with van der Waals surface area (Å²) in [6.07, 6.45) is 2.03. The van der Waals surface area contributed by atoms with Crippen molar-refractivity contribution in [2.24, 2.45) is 0 Å². The molecule has 0 unspecified atom stereocenters. The van der Waals surface area contributed by atoms with Crippen LogP contribution >= 0.6 is 0 Å². The number of nitrogens with zero attached hydrogens (tertiary/aromatic N) is 2. The first-order valence-electron chi connectivity index (χ1n) is 5.39. The van der Waals surface area contributed by atoms with Crippen molar-refractivity contribution in [2.45, 2.75) is 32.4 Å². The summed E-state index contributed by atoms with van der Waals surface area (Å²) in [6.45, 7) is 3.91. The van der Waals surface area contributed by atoms with Gasteiger partial charge >= 0.3 is 0 Å². The fourth-order valence-corrected chi connectivity index (χ4v) is 1.63. The van der Waals surface area contributed by atoms with Crippen molar-refractivity contribution < 1.29 is 13.9 Å². The molecule has 0 saturated heterocycles. The van der Waals surface area contributed by atoms with Gasteiger partial charge in [0.25, 0.3) is 0 Å². The lowest BCUT2D eigenvalue weighted by molar-refractivity contribution is 0.0665. The van der Waals surface area contributed by atoms with Crippen LogP contribution in [-0.4, -0.2) is 20.3 Å². The van der Waals surface area contributed by atoms with Gasteiger partial charge in [-0.05, 0) is 20.3 Å². The van der Waals surface area contributed by atoms with Gasteiger partial charge in [-0.1, -0.05) is 0 Å². The Balaban J connectivity index is 2.33. The minimum atomic E-state index is -0.898. The third-order valence-corrected chi connectivity index (χ3v) is 2.63. The predicted octanol–water partition coefficient (Wildman–Crippen LogP) is 2.48. The number of aryl methyl sites for hydroxylation is 1. The molecule has 0 aliphatic heterocycles. The molecule has 0 aliphatic rings. The van der Waals surface area contributed by atoms with Crippen molar-refractivity contribution >= 4 is 11.0 Å². The highest BCUT2D eigenvalue weighted by molar-refractivity contribution is 5.75. The van der Waals surface area contributed by atoms with Gasteiger partial charge in [0.1, 0.15) is 0 Å². The zero-order valence-corrected chi connectivity index (χ0v) is 9.74. The van der Waals surface area contributed by atoms with Crippen LogP contribution in [0.5, 0.6) is 0 Å². The van der Waals surface area contributed by atoms with Crippen molar-refractivity contribution in [1.29, 1.82) is 0 Å². The van der Waals surface area contributed by atoms with Crippen LogP contribution in [0, 0.1) is 11.6 Å². The first-order chi connectivity index (χ1) is 7.87. The second kappa shape index (κ2) is 4.07. The van der Waals surface area contributed by atoms with Crippen LogP contribution in [0.4, 0.5) is 8.78 Å². The second-order valence-corrected chi connectivity index (χ2v) is 4.76. The van der Waals surface area contributed by atoms with Crippen molar-refractivity contribution in [3.8, 4) is 0 Å². The normalized spacial score (nSPS) is 12.3. The van der Waals surface area contributed by atoms with E-state index in [1.165, 1.54) is 6.33 Å². The Bertz CT molecular complexity index is 543. The molecule has 0 spiro atoms. The van der Waals surface area contributed by atoms with Gasteiger partial charge in [0, 0.05) is 18.7 Å². The van der Waals surface area contributed by atoms with Gasteiger partial charge in [-0.2, -0.15) is 0 Å². The molecule has 0 radical (unpaired) electrons. The van der Waals surface area contributed by atoms with E-state index in [0.717, 1.165) is 12.1 Å². The topological polar surface area (TPSA) is 38.0 Å². The lowest BCUT2D eigenvalue weighted by Gasteiger charge is -2.17. The highest BCUT2D eigenvalue weighted by atomic mass is 19.2. The minimum absolute atomic E-state index is 0.416. The molecular formula is C12H14F2N2O. The molecular weight excluding hydrogens is 226 g/mol. The number of halogens is 2. The average Bonchev–Trinajstić information content (AvgIpc) is 2.57. The third kappa shape index (κ3) is 2.61. The first kappa shape index (κ1) is 12.0. The molecule has 1 aromatic heterocycles. The summed E-state index contributed by atoms with van der Waals surface area (Å²) in [6, 6.07) is 2.20. The molecule has 2 rings (SSSR count). The van der Waals surface area contributed by atoms with Gasteiger partial charge in [-0.15, -0.1) is 0 Å². The van der Waals surface area contributed by atoms with Crippen LogP contribution in [0.1, 0.15) is 20.3 Å². The van der Waals surface area contributed by atoms with Gasteiger partial charge in [0.15, 0.2) is 11.6 Å². The highest BCUT2D eigenvalue weighted by Gasteiger charge is 2.14. The van der Waals surface area contributed by atoms with Crippen LogP contribution < -0.4 is 0 Å². The number of hydrogen-bond acceptors (Lipinski definition) is 2. The predicted molar refractivity (Wildman–Crippen MR) is 60.6 cm³/mol. The summed E-state index contributed by atoms with van der Waals surface area (Å²) in [7, 11) is 0. The van der Waals surface area contributed by atoms with E-state index in [1.807, 2.05) is 0 Å². The fraction of sp³-hybridized carbons (Fsp3) is 0.417. The van der Waals surface area contributed by atoms with Gasteiger partial charge < -0.3 is 9.67 Å². The summed E-state index contributed by atoms with van der Waals surface area (Å²) in [5, 5.41) is 9.62. The number of imidazole rings is 1. The number of aliphatic hydroxyl groups is 1. The Morgan fingerprint density at radius 2 is 1.94 bits per heavy atom. The lowest BCUT2D eigenvalue weighted by Crippen LogP contribution is -2.20. The number of aromatic nitrogens is 2. The Morgan fingerprint density at radius 3 is 2.59 bits per heavy atom. The standard InChI is InChI=1S/C12H14F2N2O/c1-12(2,17)3-4-16-7-15-10-5-8(13)9(14)6-11(10)16/h5-7,17H,3-4H2,1-2H3. The number of hydrogen-bond donors (Lipinski definition) is 1. The highest BCUT2D eigenvalue weighted by Crippen LogP contribution is 2.19. The van der Waals surface area contributed by atoms with Crippen molar-refractivity contribution in [3.63, 3.8) is 0 Å². The van der Waals surface area contributed by atoms with E-state index in [4.69, 9.17) is 0 Å². The Kier molecular flexibility index (Phi) is 2.87. The molecule has 0 aliphatic carbocycles. The van der Waals surface area contributed by atoms with Crippen LogP contribution in [0.15, 0.2) is 18.5 Å². The molecule has 92 valence electrons. The summed E-state index contributed by atoms with van der Waals surface area (Å²) in [4.78, 5) is 4.00. The SMILES string of the molecule is CC(C)(O)CCn1cnc2cc(F)c(F)cc21. The Morgan fingerprint density at radius 1 is 1.29 bits per heavy atom. The number of fused-ring (bicyclic) bond motifs is 1. The van der Waals surface area contributed by atoms with E-state index >= 15 is 0 Å². The smallest absolute Gasteiger partial charge is 0.161 e. The molecule has 0 fully saturated rings. The van der Waals surface area contributed by atoms with E-state index < -0.39 is 17.2 Å². The maximum atomic E-state index is 13.1. The van der Waals surface area contributed by atoms with Crippen LogP contribution in [0.25, 0.3) is 11.0 Å². The maximum absolute atomic E-state index is 13.1. The van der Waals surface area contributed by atoms with E-state index in [1.54, 1.807) is 18.4 Å². The van der Waals surface area contributed by atoms with Crippen molar-refractivity contribution in [3.05, 3.63) is 30.1 Å². The van der Waals surface area contributed by atoms with Gasteiger partial charge in [-0.3, -0.25) is 0 Å². The molecule has 1 heterocycles. The molecule has 1 N–H and O–H groups in total. The summed E-state index contributed by atoms with van der Waals surface area (Å²) in [5.74, 6) is -1.78. The third-order valence-electron chi connectivity index (χ3n) is 2.63. The van der Waals surface area contributed by atoms with Crippen LogP contribution in [0.3, 0.4) is 0 Å². The van der Waals surface area contributed by atoms with Gasteiger partial charge in [0.2, 0.25) is 0 Å². The summed E-state index contributed by atoms with van der Waals surface area (Å²) < 4.78 is 27.8. The molecule has 5 heteroatoms. The Hall–Kier alpha value is -1.49. The molecule has 0 amide bonds. The van der Waals surface area contributed by atoms with E-state index in [-0.39, 0.29) is 0 Å². The molecule has 0 saturated carbocycles. The zero-order chi connectivity index (χ0) is 12.6. The quantitative estimate of drug-likeness (QED) is 0.895. The summed E-state index contributed by atoms with van der Waals surface area (Å²) in [5.41, 5.74) is 0.155. The zero-order valence-electron chi connectivity index (χ0n) is 9.74. The average molecular weight is 240 g/mol. The Labute approximate surface area is 97.7 Å². The molecule has 1 aromatic carbocycles. The van der Waals surface area contributed by atoms with Crippen molar-refractivity contribution in [1.82, 2.24) is 9.55 Å². The number of benzene rings is 1. The van der Waals surface area contributed by atoms with E-state index in [2.05, 4.69) is 4.98 Å². The van der Waals surface area contributed by atoms with E-state index in [0.29, 0.717) is 24.0 Å². The maximum Gasteiger partial charge on any atom is 0.161 e. The number of rotatable bonds is 3. The molecule has 2 aromatic rings. The van der Waals surface area contributed by atoms with Gasteiger partial charge in [0.05, 0.1) is 23.0 Å². The molecule has 0 bridgehead atoms. The van der Waals surface area contributed by atoms with Crippen LogP contribution in [-0.2, 0) is 6.54 Å². The van der Waals surface area contributed by atoms with E-state index in [9.17, 15) is 13.9 Å². The largest absolute Gasteiger partial charge is 0.390 e. The summed E-state index contributed by atoms with van der Waals surface area (Å²) >= 11 is 0. The fourth-order valence-electron chi connectivity index (χ4n) is 1.63. The van der Waals surface area contributed by atoms with Crippen molar-refractivity contribution in [2.75, 3.05) is 0 Å².